The Bertz CT molecular complexity index is 291. The van der Waals surface area contributed by atoms with Gasteiger partial charge in [0.15, 0.2) is 9.84 Å². The van der Waals surface area contributed by atoms with Crippen LogP contribution < -0.4 is 5.32 Å². The molecule has 0 aromatic carbocycles. The fourth-order valence-electron chi connectivity index (χ4n) is 1.81. The largest absolute Gasteiger partial charge is 0.389 e. The molecule has 0 aromatic heterocycles. The number of hydrogen-bond donors (Lipinski definition) is 2. The average molecular weight is 251 g/mol. The van der Waals surface area contributed by atoms with E-state index in [1.54, 1.807) is 0 Å². The van der Waals surface area contributed by atoms with Crippen molar-refractivity contribution in [3.63, 3.8) is 0 Å². The number of hydrogen-bond acceptors (Lipinski definition) is 5. The number of nitrogens with one attached hydrogen (secondary N) is 1. The zero-order valence-corrected chi connectivity index (χ0v) is 10.5. The summed E-state index contributed by atoms with van der Waals surface area (Å²) in [6.07, 6.45) is 0.927. The second-order valence-electron chi connectivity index (χ2n) is 4.10. The Morgan fingerprint density at radius 2 is 2.31 bits per heavy atom. The van der Waals surface area contributed by atoms with Gasteiger partial charge in [-0.25, -0.2) is 8.42 Å². The highest BCUT2D eigenvalue weighted by Crippen LogP contribution is 2.18. The molecule has 96 valence electrons. The third-order valence-electron chi connectivity index (χ3n) is 2.73. The zero-order chi connectivity index (χ0) is 12.0. The maximum atomic E-state index is 11.5. The molecule has 1 fully saturated rings. The summed E-state index contributed by atoms with van der Waals surface area (Å²) in [5.74, 6) is 0.306. The Balaban J connectivity index is 2.15. The van der Waals surface area contributed by atoms with Crippen LogP contribution in [0.1, 0.15) is 19.8 Å². The Morgan fingerprint density at radius 1 is 1.56 bits per heavy atom. The second-order valence-corrected chi connectivity index (χ2v) is 6.50. The van der Waals surface area contributed by atoms with Crippen LogP contribution in [-0.4, -0.2) is 56.9 Å². The molecule has 0 aromatic rings. The number of aliphatic hydroxyl groups excluding tert-OH is 1. The smallest absolute Gasteiger partial charge is 0.154 e. The Kier molecular flexibility index (Phi) is 5.68. The van der Waals surface area contributed by atoms with E-state index in [1.165, 1.54) is 0 Å². The maximum absolute atomic E-state index is 11.5. The van der Waals surface area contributed by atoms with Crippen LogP contribution in [-0.2, 0) is 14.6 Å². The van der Waals surface area contributed by atoms with E-state index >= 15 is 0 Å². The van der Waals surface area contributed by atoms with Crippen LogP contribution in [0, 0.1) is 0 Å². The number of rotatable bonds is 7. The van der Waals surface area contributed by atoms with Crippen molar-refractivity contribution in [1.29, 1.82) is 0 Å². The highest BCUT2D eigenvalue weighted by molar-refractivity contribution is 7.92. The van der Waals surface area contributed by atoms with Gasteiger partial charge in [0.2, 0.25) is 0 Å². The molecule has 1 aliphatic heterocycles. The molecule has 0 amide bonds. The fraction of sp³-hybridized carbons (Fsp3) is 1.00. The predicted molar refractivity (Wildman–Crippen MR) is 62.2 cm³/mol. The van der Waals surface area contributed by atoms with E-state index in [0.717, 1.165) is 12.8 Å². The van der Waals surface area contributed by atoms with Gasteiger partial charge in [0.1, 0.15) is 0 Å². The summed E-state index contributed by atoms with van der Waals surface area (Å²) in [5.41, 5.74) is 0. The lowest BCUT2D eigenvalue weighted by Gasteiger charge is -2.14. The van der Waals surface area contributed by atoms with Crippen LogP contribution in [0.15, 0.2) is 0 Å². The van der Waals surface area contributed by atoms with Crippen LogP contribution in [0.3, 0.4) is 0 Å². The Hall–Kier alpha value is -0.170. The number of sulfone groups is 1. The highest BCUT2D eigenvalue weighted by Gasteiger charge is 2.30. The summed E-state index contributed by atoms with van der Waals surface area (Å²) >= 11 is 0. The van der Waals surface area contributed by atoms with Crippen molar-refractivity contribution in [3.05, 3.63) is 0 Å². The molecule has 0 saturated carbocycles. The van der Waals surface area contributed by atoms with Crippen molar-refractivity contribution in [3.8, 4) is 0 Å². The van der Waals surface area contributed by atoms with Gasteiger partial charge in [-0.2, -0.15) is 0 Å². The molecule has 16 heavy (non-hydrogen) atoms. The van der Waals surface area contributed by atoms with Gasteiger partial charge in [-0.05, 0) is 19.8 Å². The minimum atomic E-state index is -2.88. The van der Waals surface area contributed by atoms with Crippen molar-refractivity contribution >= 4 is 9.84 Å². The van der Waals surface area contributed by atoms with Gasteiger partial charge in [0.25, 0.3) is 0 Å². The topological polar surface area (TPSA) is 75.6 Å². The molecular weight excluding hydrogens is 230 g/mol. The lowest BCUT2D eigenvalue weighted by molar-refractivity contribution is 0.0430. The summed E-state index contributed by atoms with van der Waals surface area (Å²) < 4.78 is 28.0. The SMILES string of the molecule is CCOCC(O)CNCC1CCCS1(=O)=O. The first kappa shape index (κ1) is 13.9. The van der Waals surface area contributed by atoms with Gasteiger partial charge in [-0.3, -0.25) is 0 Å². The van der Waals surface area contributed by atoms with Crippen molar-refractivity contribution in [1.82, 2.24) is 5.32 Å². The normalized spacial score (nSPS) is 25.8. The van der Waals surface area contributed by atoms with Crippen LogP contribution >= 0.6 is 0 Å². The first-order valence-electron chi connectivity index (χ1n) is 5.74. The summed E-state index contributed by atoms with van der Waals surface area (Å²) in [6, 6.07) is 0. The standard InChI is InChI=1S/C10H21NO4S/c1-2-15-8-9(12)6-11-7-10-4-3-5-16(10,13)14/h9-12H,2-8H2,1H3. The van der Waals surface area contributed by atoms with Gasteiger partial charge in [-0.15, -0.1) is 0 Å². The molecule has 1 rings (SSSR count). The molecule has 2 atom stereocenters. The molecular formula is C10H21NO4S. The van der Waals surface area contributed by atoms with Crippen LogP contribution in [0.4, 0.5) is 0 Å². The molecule has 0 spiro atoms. The van der Waals surface area contributed by atoms with Crippen LogP contribution in [0.2, 0.25) is 0 Å². The van der Waals surface area contributed by atoms with Gasteiger partial charge >= 0.3 is 0 Å². The molecule has 0 radical (unpaired) electrons. The van der Waals surface area contributed by atoms with E-state index < -0.39 is 15.9 Å². The van der Waals surface area contributed by atoms with Gasteiger partial charge in [-0.1, -0.05) is 0 Å². The highest BCUT2D eigenvalue weighted by atomic mass is 32.2. The molecule has 6 heteroatoms. The van der Waals surface area contributed by atoms with Crippen molar-refractivity contribution < 1.29 is 18.3 Å². The van der Waals surface area contributed by atoms with Crippen LogP contribution in [0.25, 0.3) is 0 Å². The van der Waals surface area contributed by atoms with Gasteiger partial charge < -0.3 is 15.2 Å². The summed E-state index contributed by atoms with van der Waals surface area (Å²) in [5, 5.41) is 12.2. The molecule has 1 aliphatic rings. The van der Waals surface area contributed by atoms with Crippen molar-refractivity contribution in [2.75, 3.05) is 32.1 Å². The first-order chi connectivity index (χ1) is 7.56. The zero-order valence-electron chi connectivity index (χ0n) is 9.68. The monoisotopic (exact) mass is 251 g/mol. The van der Waals surface area contributed by atoms with E-state index in [1.807, 2.05) is 6.92 Å². The van der Waals surface area contributed by atoms with Gasteiger partial charge in [0.05, 0.1) is 23.7 Å². The molecule has 1 saturated heterocycles. The van der Waals surface area contributed by atoms with E-state index in [9.17, 15) is 13.5 Å². The van der Waals surface area contributed by atoms with E-state index in [4.69, 9.17) is 4.74 Å². The quantitative estimate of drug-likeness (QED) is 0.641. The minimum Gasteiger partial charge on any atom is -0.389 e. The first-order valence-corrected chi connectivity index (χ1v) is 7.46. The van der Waals surface area contributed by atoms with Gasteiger partial charge in [0, 0.05) is 19.7 Å². The summed E-state index contributed by atoms with van der Waals surface area (Å²) in [6.45, 7) is 3.55. The second kappa shape index (κ2) is 6.54. The number of aliphatic hydroxyl groups is 1. The van der Waals surface area contributed by atoms with E-state index in [-0.39, 0.29) is 5.25 Å². The molecule has 0 aliphatic carbocycles. The van der Waals surface area contributed by atoms with E-state index in [0.29, 0.717) is 32.1 Å². The van der Waals surface area contributed by atoms with Crippen LogP contribution in [0.5, 0.6) is 0 Å². The summed E-state index contributed by atoms with van der Waals surface area (Å²) in [4.78, 5) is 0. The minimum absolute atomic E-state index is 0.271. The Morgan fingerprint density at radius 3 is 2.88 bits per heavy atom. The van der Waals surface area contributed by atoms with E-state index in [2.05, 4.69) is 5.32 Å². The molecule has 1 heterocycles. The average Bonchev–Trinajstić information content (AvgIpc) is 2.55. The molecule has 0 bridgehead atoms. The number of ether oxygens (including phenoxy) is 1. The van der Waals surface area contributed by atoms with Crippen molar-refractivity contribution in [2.24, 2.45) is 0 Å². The summed E-state index contributed by atoms with van der Waals surface area (Å²) in [7, 11) is -2.88. The predicted octanol–water partition coefficient (Wildman–Crippen LogP) is -0.449. The van der Waals surface area contributed by atoms with Crippen molar-refractivity contribution in [2.45, 2.75) is 31.1 Å². The third kappa shape index (κ3) is 4.37. The molecule has 5 nitrogen and oxygen atoms in total. The third-order valence-corrected chi connectivity index (χ3v) is 5.00. The maximum Gasteiger partial charge on any atom is 0.154 e. The Labute approximate surface area is 97.1 Å². The lowest BCUT2D eigenvalue weighted by atomic mass is 10.2. The molecule has 2 unspecified atom stereocenters. The lowest BCUT2D eigenvalue weighted by Crippen LogP contribution is -2.36. The molecule has 2 N–H and O–H groups in total. The fourth-order valence-corrected chi connectivity index (χ4v) is 3.61.